The number of benzene rings is 1. The van der Waals surface area contributed by atoms with E-state index in [0.29, 0.717) is 0 Å². The number of allylic oxidation sites excluding steroid dienone is 2. The third-order valence-electron chi connectivity index (χ3n) is 3.44. The standard InChI is InChI=1S/C15H13BrO3/c1-18-14-7-13-11(6-12(14)16)5-9-3-2-4-10(8-17)15(9)19-13/h5-8H,2-4H2,1H3. The summed E-state index contributed by atoms with van der Waals surface area (Å²) in [5.41, 5.74) is 2.88. The summed E-state index contributed by atoms with van der Waals surface area (Å²) in [4.78, 5) is 11.1. The number of hydrogen-bond acceptors (Lipinski definition) is 3. The molecule has 0 atom stereocenters. The third kappa shape index (κ3) is 2.10. The average Bonchev–Trinajstić information content (AvgIpc) is 2.43. The molecule has 1 aromatic rings. The van der Waals surface area contributed by atoms with Gasteiger partial charge in [0.15, 0.2) is 0 Å². The molecule has 98 valence electrons. The lowest BCUT2D eigenvalue weighted by atomic mass is 9.91. The van der Waals surface area contributed by atoms with Gasteiger partial charge in [0, 0.05) is 17.2 Å². The zero-order valence-corrected chi connectivity index (χ0v) is 12.1. The molecule has 1 aliphatic carbocycles. The largest absolute Gasteiger partial charge is 0.495 e. The van der Waals surface area contributed by atoms with E-state index in [1.54, 1.807) is 7.11 Å². The second kappa shape index (κ2) is 4.85. The van der Waals surface area contributed by atoms with Crippen LogP contribution >= 0.6 is 15.9 Å². The van der Waals surface area contributed by atoms with Crippen LogP contribution < -0.4 is 9.47 Å². The highest BCUT2D eigenvalue weighted by Crippen LogP contribution is 2.42. The molecule has 4 heteroatoms. The van der Waals surface area contributed by atoms with Gasteiger partial charge in [0.2, 0.25) is 0 Å². The van der Waals surface area contributed by atoms with Gasteiger partial charge in [-0.05, 0) is 52.9 Å². The number of aldehydes is 1. The minimum atomic E-state index is 0.722. The van der Waals surface area contributed by atoms with E-state index in [9.17, 15) is 4.79 Å². The Morgan fingerprint density at radius 3 is 2.95 bits per heavy atom. The molecule has 0 spiro atoms. The molecular formula is C15H13BrO3. The molecule has 0 N–H and O–H groups in total. The molecular weight excluding hydrogens is 308 g/mol. The van der Waals surface area contributed by atoms with Crippen LogP contribution in [0.15, 0.2) is 33.5 Å². The van der Waals surface area contributed by atoms with Gasteiger partial charge >= 0.3 is 0 Å². The molecule has 0 fully saturated rings. The van der Waals surface area contributed by atoms with E-state index in [1.807, 2.05) is 12.1 Å². The Kier molecular flexibility index (Phi) is 3.19. The maximum Gasteiger partial charge on any atom is 0.149 e. The van der Waals surface area contributed by atoms with Crippen molar-refractivity contribution < 1.29 is 14.3 Å². The summed E-state index contributed by atoms with van der Waals surface area (Å²) in [6.45, 7) is 0. The maximum atomic E-state index is 11.1. The first-order valence-electron chi connectivity index (χ1n) is 6.17. The minimum Gasteiger partial charge on any atom is -0.495 e. The molecule has 3 nitrogen and oxygen atoms in total. The van der Waals surface area contributed by atoms with Gasteiger partial charge in [-0.3, -0.25) is 4.79 Å². The van der Waals surface area contributed by atoms with Gasteiger partial charge in [0.05, 0.1) is 11.6 Å². The van der Waals surface area contributed by atoms with Crippen LogP contribution in [0.2, 0.25) is 0 Å². The number of halogens is 1. The number of carbonyl (C=O) groups is 1. The predicted molar refractivity (Wildman–Crippen MR) is 76.2 cm³/mol. The molecule has 0 aromatic heterocycles. The lowest BCUT2D eigenvalue weighted by Gasteiger charge is -2.26. The van der Waals surface area contributed by atoms with Crippen LogP contribution in [0.3, 0.4) is 0 Å². The van der Waals surface area contributed by atoms with Crippen molar-refractivity contribution in [2.45, 2.75) is 19.3 Å². The van der Waals surface area contributed by atoms with Crippen LogP contribution in [0.5, 0.6) is 11.5 Å². The quantitative estimate of drug-likeness (QED) is 0.776. The summed E-state index contributed by atoms with van der Waals surface area (Å²) in [5, 5.41) is 0. The van der Waals surface area contributed by atoms with Crippen molar-refractivity contribution in [2.75, 3.05) is 7.11 Å². The third-order valence-corrected chi connectivity index (χ3v) is 4.06. The van der Waals surface area contributed by atoms with Crippen LogP contribution in [-0.2, 0) is 4.79 Å². The van der Waals surface area contributed by atoms with Gasteiger partial charge in [0.25, 0.3) is 0 Å². The van der Waals surface area contributed by atoms with Gasteiger partial charge in [-0.1, -0.05) is 0 Å². The zero-order valence-electron chi connectivity index (χ0n) is 10.5. The molecule has 1 aliphatic heterocycles. The van der Waals surface area contributed by atoms with Crippen molar-refractivity contribution in [3.8, 4) is 11.5 Å². The highest BCUT2D eigenvalue weighted by atomic mass is 79.9. The molecule has 0 bridgehead atoms. The van der Waals surface area contributed by atoms with Crippen molar-refractivity contribution >= 4 is 28.3 Å². The van der Waals surface area contributed by atoms with Gasteiger partial charge in [-0.2, -0.15) is 0 Å². The highest BCUT2D eigenvalue weighted by molar-refractivity contribution is 9.10. The van der Waals surface area contributed by atoms with Crippen molar-refractivity contribution in [3.05, 3.63) is 39.1 Å². The topological polar surface area (TPSA) is 35.5 Å². The summed E-state index contributed by atoms with van der Waals surface area (Å²) < 4.78 is 12.1. The number of rotatable bonds is 2. The lowest BCUT2D eigenvalue weighted by Crippen LogP contribution is -2.13. The first kappa shape index (κ1) is 12.5. The van der Waals surface area contributed by atoms with Crippen molar-refractivity contribution in [1.29, 1.82) is 0 Å². The van der Waals surface area contributed by atoms with Crippen LogP contribution in [0.1, 0.15) is 24.8 Å². The normalized spacial score (nSPS) is 17.1. The second-order valence-corrected chi connectivity index (χ2v) is 5.48. The molecule has 3 rings (SSSR count). The van der Waals surface area contributed by atoms with Gasteiger partial charge < -0.3 is 9.47 Å². The fraction of sp³-hybridized carbons (Fsp3) is 0.267. The highest BCUT2D eigenvalue weighted by Gasteiger charge is 2.25. The summed E-state index contributed by atoms with van der Waals surface area (Å²) in [7, 11) is 1.62. The number of hydrogen-bond donors (Lipinski definition) is 0. The Hall–Kier alpha value is -1.55. The number of methoxy groups -OCH3 is 1. The summed E-state index contributed by atoms with van der Waals surface area (Å²) in [6.07, 6.45) is 5.75. The first-order chi connectivity index (χ1) is 9.22. The Bertz CT molecular complexity index is 614. The average molecular weight is 321 g/mol. The van der Waals surface area contributed by atoms with Gasteiger partial charge in [0.1, 0.15) is 23.5 Å². The van der Waals surface area contributed by atoms with E-state index in [1.165, 1.54) is 0 Å². The Balaban J connectivity index is 2.14. The minimum absolute atomic E-state index is 0.722. The molecule has 0 amide bonds. The molecule has 1 heterocycles. The second-order valence-electron chi connectivity index (χ2n) is 4.62. The van der Waals surface area contributed by atoms with Crippen LogP contribution in [0.25, 0.3) is 6.08 Å². The molecule has 0 saturated carbocycles. The molecule has 2 aliphatic rings. The van der Waals surface area contributed by atoms with Crippen LogP contribution in [0.4, 0.5) is 0 Å². The fourth-order valence-electron chi connectivity index (χ4n) is 2.49. The van der Waals surface area contributed by atoms with E-state index in [0.717, 1.165) is 64.0 Å². The number of carbonyl (C=O) groups excluding carboxylic acids is 1. The van der Waals surface area contributed by atoms with E-state index in [-0.39, 0.29) is 0 Å². The summed E-state index contributed by atoms with van der Waals surface area (Å²) in [6, 6.07) is 3.82. The summed E-state index contributed by atoms with van der Waals surface area (Å²) >= 11 is 3.47. The lowest BCUT2D eigenvalue weighted by molar-refractivity contribution is -0.105. The van der Waals surface area contributed by atoms with E-state index < -0.39 is 0 Å². The van der Waals surface area contributed by atoms with Gasteiger partial charge in [-0.15, -0.1) is 0 Å². The Labute approximate surface area is 120 Å². The van der Waals surface area contributed by atoms with Crippen molar-refractivity contribution in [2.24, 2.45) is 0 Å². The predicted octanol–water partition coefficient (Wildman–Crippen LogP) is 3.87. The molecule has 0 unspecified atom stereocenters. The molecule has 0 saturated heterocycles. The smallest absolute Gasteiger partial charge is 0.149 e. The zero-order chi connectivity index (χ0) is 13.4. The number of fused-ring (bicyclic) bond motifs is 2. The van der Waals surface area contributed by atoms with Crippen LogP contribution in [-0.4, -0.2) is 13.4 Å². The van der Waals surface area contributed by atoms with Crippen LogP contribution in [0, 0.1) is 0 Å². The summed E-state index contributed by atoms with van der Waals surface area (Å²) in [5.74, 6) is 2.19. The monoisotopic (exact) mass is 320 g/mol. The molecule has 19 heavy (non-hydrogen) atoms. The Morgan fingerprint density at radius 2 is 2.21 bits per heavy atom. The molecule has 1 aromatic carbocycles. The van der Waals surface area contributed by atoms with Crippen molar-refractivity contribution in [3.63, 3.8) is 0 Å². The maximum absolute atomic E-state index is 11.1. The molecule has 0 radical (unpaired) electrons. The van der Waals surface area contributed by atoms with E-state index in [4.69, 9.17) is 9.47 Å². The first-order valence-corrected chi connectivity index (χ1v) is 6.97. The Morgan fingerprint density at radius 1 is 1.37 bits per heavy atom. The fourth-order valence-corrected chi connectivity index (χ4v) is 3.01. The van der Waals surface area contributed by atoms with Crippen molar-refractivity contribution in [1.82, 2.24) is 0 Å². The van der Waals surface area contributed by atoms with E-state index >= 15 is 0 Å². The van der Waals surface area contributed by atoms with Gasteiger partial charge in [-0.25, -0.2) is 0 Å². The number of ether oxygens (including phenoxy) is 2. The SMILES string of the molecule is COc1cc2c(cc1Br)C=C1CCCC(C=O)=C1O2. The van der Waals surface area contributed by atoms with E-state index in [2.05, 4.69) is 22.0 Å².